The highest BCUT2D eigenvalue weighted by molar-refractivity contribution is 7.91. The number of benzene rings is 1. The first-order valence-electron chi connectivity index (χ1n) is 8.96. The molecule has 1 amide bonds. The van der Waals surface area contributed by atoms with Crippen LogP contribution in [0.15, 0.2) is 36.4 Å². The van der Waals surface area contributed by atoms with Gasteiger partial charge in [-0.1, -0.05) is 18.2 Å². The first-order valence-corrected chi connectivity index (χ1v) is 10.8. The maximum atomic E-state index is 12.9. The third-order valence-corrected chi connectivity index (χ3v) is 6.53. The molecule has 1 atom stereocenters. The molecule has 1 unspecified atom stereocenters. The Labute approximate surface area is 160 Å². The summed E-state index contributed by atoms with van der Waals surface area (Å²) in [6, 6.07) is 10.9. The van der Waals surface area contributed by atoms with Gasteiger partial charge in [0.15, 0.2) is 9.84 Å². The van der Waals surface area contributed by atoms with Crippen molar-refractivity contribution in [2.24, 2.45) is 0 Å². The van der Waals surface area contributed by atoms with Crippen LogP contribution in [0.2, 0.25) is 0 Å². The summed E-state index contributed by atoms with van der Waals surface area (Å²) in [5.74, 6) is 1.16. The average Bonchev–Trinajstić information content (AvgIpc) is 3.01. The van der Waals surface area contributed by atoms with Crippen molar-refractivity contribution in [3.8, 4) is 0 Å². The fraction of sp³-hybridized carbons (Fsp3) is 0.421. The number of carbonyl (C=O) groups is 1. The summed E-state index contributed by atoms with van der Waals surface area (Å²) in [7, 11) is -1.30. The van der Waals surface area contributed by atoms with Crippen LogP contribution < -0.4 is 9.80 Å². The molecule has 1 aromatic heterocycles. The maximum Gasteiger partial charge on any atom is 0.276 e. The van der Waals surface area contributed by atoms with Crippen LogP contribution in [0.25, 0.3) is 0 Å². The number of hydrogen-bond donors (Lipinski definition) is 0. The normalized spacial score (nSPS) is 18.3. The van der Waals surface area contributed by atoms with Crippen LogP contribution in [0.5, 0.6) is 0 Å². The topological polar surface area (TPSA) is 83.5 Å². The van der Waals surface area contributed by atoms with E-state index >= 15 is 0 Å². The molecule has 0 spiro atoms. The van der Waals surface area contributed by atoms with E-state index in [9.17, 15) is 13.2 Å². The minimum absolute atomic E-state index is 0.121. The second kappa shape index (κ2) is 7.64. The minimum Gasteiger partial charge on any atom is -0.353 e. The summed E-state index contributed by atoms with van der Waals surface area (Å²) in [6.45, 7) is 4.31. The summed E-state index contributed by atoms with van der Waals surface area (Å²) in [5.41, 5.74) is 1.07. The summed E-state index contributed by atoms with van der Waals surface area (Å²) < 4.78 is 23.7. The van der Waals surface area contributed by atoms with Crippen LogP contribution in [0.3, 0.4) is 0 Å². The zero-order chi connectivity index (χ0) is 19.6. The SMILES string of the molecule is CCN(c1cc(C(=O)N(C)c2ccccc2)nc(C)n1)C1CCS(=O)(=O)C1. The predicted octanol–water partition coefficient (Wildman–Crippen LogP) is 2.08. The van der Waals surface area contributed by atoms with Crippen LogP contribution >= 0.6 is 0 Å². The van der Waals surface area contributed by atoms with Gasteiger partial charge in [0.05, 0.1) is 11.5 Å². The van der Waals surface area contributed by atoms with Crippen LogP contribution in [0.1, 0.15) is 29.7 Å². The Morgan fingerprint density at radius 2 is 1.93 bits per heavy atom. The summed E-state index contributed by atoms with van der Waals surface area (Å²) in [5, 5.41) is 0. The lowest BCUT2D eigenvalue weighted by Crippen LogP contribution is -2.37. The predicted molar refractivity (Wildman–Crippen MR) is 106 cm³/mol. The molecule has 1 saturated heterocycles. The molecule has 1 aromatic carbocycles. The number of rotatable bonds is 5. The summed E-state index contributed by atoms with van der Waals surface area (Å²) in [6.07, 6.45) is 0.576. The highest BCUT2D eigenvalue weighted by Gasteiger charge is 2.33. The minimum atomic E-state index is -3.00. The van der Waals surface area contributed by atoms with Gasteiger partial charge in [-0.3, -0.25) is 4.79 Å². The molecule has 144 valence electrons. The molecule has 0 saturated carbocycles. The molecule has 8 heteroatoms. The van der Waals surface area contributed by atoms with E-state index in [0.29, 0.717) is 30.3 Å². The molecule has 1 aliphatic heterocycles. The van der Waals surface area contributed by atoms with Crippen LogP contribution in [0.4, 0.5) is 11.5 Å². The van der Waals surface area contributed by atoms with Crippen molar-refractivity contribution in [3.05, 3.63) is 47.9 Å². The van der Waals surface area contributed by atoms with E-state index in [4.69, 9.17) is 0 Å². The van der Waals surface area contributed by atoms with Gasteiger partial charge in [-0.05, 0) is 32.4 Å². The zero-order valence-corrected chi connectivity index (χ0v) is 16.6. The molecule has 0 N–H and O–H groups in total. The fourth-order valence-electron chi connectivity index (χ4n) is 3.38. The Morgan fingerprint density at radius 3 is 2.52 bits per heavy atom. The van der Waals surface area contributed by atoms with Crippen molar-refractivity contribution in [1.29, 1.82) is 0 Å². The van der Waals surface area contributed by atoms with E-state index in [1.807, 2.05) is 42.2 Å². The lowest BCUT2D eigenvalue weighted by molar-refractivity contribution is 0.0988. The maximum absolute atomic E-state index is 12.9. The zero-order valence-electron chi connectivity index (χ0n) is 15.8. The molecule has 0 aliphatic carbocycles. The fourth-order valence-corrected chi connectivity index (χ4v) is 5.11. The molecule has 0 radical (unpaired) electrons. The Hall–Kier alpha value is -2.48. The third kappa shape index (κ3) is 4.27. The van der Waals surface area contributed by atoms with Crippen LogP contribution in [-0.4, -0.2) is 55.4 Å². The smallest absolute Gasteiger partial charge is 0.276 e. The average molecular weight is 388 g/mol. The first kappa shape index (κ1) is 19.3. The van der Waals surface area contributed by atoms with Gasteiger partial charge >= 0.3 is 0 Å². The van der Waals surface area contributed by atoms with Crippen molar-refractivity contribution in [2.45, 2.75) is 26.3 Å². The molecule has 3 rings (SSSR count). The molecule has 0 bridgehead atoms. The van der Waals surface area contributed by atoms with Crippen molar-refractivity contribution >= 4 is 27.2 Å². The number of hydrogen-bond acceptors (Lipinski definition) is 6. The van der Waals surface area contributed by atoms with Gasteiger partial charge in [0.2, 0.25) is 0 Å². The van der Waals surface area contributed by atoms with Crippen molar-refractivity contribution < 1.29 is 13.2 Å². The molecule has 1 aliphatic rings. The number of carbonyl (C=O) groups excluding carboxylic acids is 1. The number of sulfone groups is 1. The molecular formula is C19H24N4O3S. The molecular weight excluding hydrogens is 364 g/mol. The Bertz CT molecular complexity index is 931. The lowest BCUT2D eigenvalue weighted by Gasteiger charge is -2.28. The number of anilines is 2. The Balaban J connectivity index is 1.90. The van der Waals surface area contributed by atoms with E-state index in [1.165, 1.54) is 0 Å². The van der Waals surface area contributed by atoms with E-state index in [2.05, 4.69) is 9.97 Å². The molecule has 1 fully saturated rings. The summed E-state index contributed by atoms with van der Waals surface area (Å²) >= 11 is 0. The first-order chi connectivity index (χ1) is 12.8. The quantitative estimate of drug-likeness (QED) is 0.780. The number of amides is 1. The molecule has 7 nitrogen and oxygen atoms in total. The standard InChI is InChI=1S/C19H24N4O3S/c1-4-23(16-10-11-27(25,26)13-16)18-12-17(20-14(2)21-18)19(24)22(3)15-8-6-5-7-9-15/h5-9,12,16H,4,10-11,13H2,1-3H3. The largest absolute Gasteiger partial charge is 0.353 e. The lowest BCUT2D eigenvalue weighted by atomic mass is 10.2. The van der Waals surface area contributed by atoms with Gasteiger partial charge in [0.25, 0.3) is 5.91 Å². The van der Waals surface area contributed by atoms with Crippen molar-refractivity contribution in [2.75, 3.05) is 34.9 Å². The van der Waals surface area contributed by atoms with Gasteiger partial charge in [0, 0.05) is 31.4 Å². The van der Waals surface area contributed by atoms with Crippen LogP contribution in [-0.2, 0) is 9.84 Å². The second-order valence-electron chi connectivity index (χ2n) is 6.70. The van der Waals surface area contributed by atoms with Crippen LogP contribution in [0, 0.1) is 6.92 Å². The second-order valence-corrected chi connectivity index (χ2v) is 8.93. The highest BCUT2D eigenvalue weighted by atomic mass is 32.2. The Kier molecular flexibility index (Phi) is 5.46. The summed E-state index contributed by atoms with van der Waals surface area (Å²) in [4.78, 5) is 25.2. The number of para-hydroxylation sites is 1. The van der Waals surface area contributed by atoms with Gasteiger partial charge in [-0.15, -0.1) is 0 Å². The van der Waals surface area contributed by atoms with Crippen molar-refractivity contribution in [3.63, 3.8) is 0 Å². The number of nitrogens with zero attached hydrogens (tertiary/aromatic N) is 4. The monoisotopic (exact) mass is 388 g/mol. The van der Waals surface area contributed by atoms with E-state index in [-0.39, 0.29) is 23.5 Å². The van der Waals surface area contributed by atoms with E-state index in [1.54, 1.807) is 24.9 Å². The number of aryl methyl sites for hydroxylation is 1. The molecule has 2 aromatic rings. The highest BCUT2D eigenvalue weighted by Crippen LogP contribution is 2.24. The van der Waals surface area contributed by atoms with Gasteiger partial charge in [-0.2, -0.15) is 0 Å². The third-order valence-electron chi connectivity index (χ3n) is 4.78. The van der Waals surface area contributed by atoms with Gasteiger partial charge in [0.1, 0.15) is 17.3 Å². The van der Waals surface area contributed by atoms with Gasteiger partial charge < -0.3 is 9.80 Å². The van der Waals surface area contributed by atoms with Gasteiger partial charge in [-0.25, -0.2) is 18.4 Å². The van der Waals surface area contributed by atoms with E-state index < -0.39 is 9.84 Å². The van der Waals surface area contributed by atoms with E-state index in [0.717, 1.165) is 5.69 Å². The number of aromatic nitrogens is 2. The molecule has 27 heavy (non-hydrogen) atoms. The Morgan fingerprint density at radius 1 is 1.22 bits per heavy atom. The van der Waals surface area contributed by atoms with Crippen molar-refractivity contribution in [1.82, 2.24) is 9.97 Å². The molecule has 2 heterocycles.